The number of carbonyl (C=O) groups excluding carboxylic acids is 1. The van der Waals surface area contributed by atoms with E-state index in [9.17, 15) is 4.79 Å². The fraction of sp³-hybridized carbons (Fsp3) is 0.250. The highest BCUT2D eigenvalue weighted by Gasteiger charge is 2.33. The van der Waals surface area contributed by atoms with Gasteiger partial charge in [-0.1, -0.05) is 24.3 Å². The van der Waals surface area contributed by atoms with E-state index in [1.54, 1.807) is 0 Å². The summed E-state index contributed by atoms with van der Waals surface area (Å²) in [5, 5.41) is 0. The van der Waals surface area contributed by atoms with E-state index in [1.165, 1.54) is 11.1 Å². The van der Waals surface area contributed by atoms with Crippen molar-refractivity contribution < 1.29 is 4.79 Å². The minimum atomic E-state index is -0.269. The third kappa shape index (κ3) is 0.939. The van der Waals surface area contributed by atoms with Gasteiger partial charge in [-0.2, -0.15) is 0 Å². The first-order valence-electron chi connectivity index (χ1n) is 4.91. The molecule has 3 aliphatic carbocycles. The van der Waals surface area contributed by atoms with Crippen LogP contribution in [0, 0.1) is 5.92 Å². The molecular weight excluding hydrogens is 174 g/mol. The van der Waals surface area contributed by atoms with Crippen LogP contribution in [0.3, 0.4) is 0 Å². The van der Waals surface area contributed by atoms with E-state index in [4.69, 9.17) is 5.73 Å². The van der Waals surface area contributed by atoms with Crippen molar-refractivity contribution in [3.05, 3.63) is 46.6 Å². The summed E-state index contributed by atoms with van der Waals surface area (Å²) in [5.41, 5.74) is 9.83. The Hall–Kier alpha value is -1.57. The second kappa shape index (κ2) is 2.47. The van der Waals surface area contributed by atoms with Crippen LogP contribution in [0.5, 0.6) is 0 Å². The zero-order chi connectivity index (χ0) is 9.71. The van der Waals surface area contributed by atoms with Gasteiger partial charge in [0.25, 0.3) is 0 Å². The summed E-state index contributed by atoms with van der Waals surface area (Å²) in [6, 6.07) is 0. The van der Waals surface area contributed by atoms with Gasteiger partial charge in [-0.3, -0.25) is 4.79 Å². The van der Waals surface area contributed by atoms with E-state index in [0.717, 1.165) is 24.0 Å². The van der Waals surface area contributed by atoms with Crippen molar-refractivity contribution in [1.29, 1.82) is 0 Å². The number of nitrogens with two attached hydrogens (primary N) is 1. The van der Waals surface area contributed by atoms with Gasteiger partial charge in [0.1, 0.15) is 0 Å². The molecule has 0 aromatic rings. The summed E-state index contributed by atoms with van der Waals surface area (Å²) in [6.45, 7) is 0. The molecule has 0 aliphatic heterocycles. The summed E-state index contributed by atoms with van der Waals surface area (Å²) in [7, 11) is 0. The number of rotatable bonds is 1. The Morgan fingerprint density at radius 1 is 1.50 bits per heavy atom. The van der Waals surface area contributed by atoms with Crippen LogP contribution in [0.2, 0.25) is 0 Å². The standard InChI is InChI=1S/C12H11NO/c13-12(14)10-3-1-2-8-9(10)5-4-7-6-11(7)8/h2,4-7H,1,3H2,(H2,13,14). The van der Waals surface area contributed by atoms with Crippen molar-refractivity contribution in [2.24, 2.45) is 11.7 Å². The smallest absolute Gasteiger partial charge is 0.245 e. The monoisotopic (exact) mass is 185 g/mol. The number of carbonyl (C=O) groups is 1. The molecule has 1 atom stereocenters. The molecule has 2 nitrogen and oxygen atoms in total. The zero-order valence-electron chi connectivity index (χ0n) is 7.79. The topological polar surface area (TPSA) is 43.1 Å². The lowest BCUT2D eigenvalue weighted by Gasteiger charge is -2.19. The molecule has 0 saturated heterocycles. The highest BCUT2D eigenvalue weighted by atomic mass is 16.1. The van der Waals surface area contributed by atoms with Crippen molar-refractivity contribution in [2.75, 3.05) is 0 Å². The molecule has 0 aromatic heterocycles. The van der Waals surface area contributed by atoms with Gasteiger partial charge in [0.05, 0.1) is 0 Å². The predicted octanol–water partition coefficient (Wildman–Crippen LogP) is 1.61. The maximum Gasteiger partial charge on any atom is 0.245 e. The lowest BCUT2D eigenvalue weighted by Crippen LogP contribution is -2.18. The van der Waals surface area contributed by atoms with Gasteiger partial charge < -0.3 is 5.73 Å². The van der Waals surface area contributed by atoms with Crippen LogP contribution in [-0.4, -0.2) is 5.91 Å². The summed E-state index contributed by atoms with van der Waals surface area (Å²) in [4.78, 5) is 11.2. The molecule has 14 heavy (non-hydrogen) atoms. The Balaban J connectivity index is 2.16. The minimum Gasteiger partial charge on any atom is -0.366 e. The molecule has 0 heterocycles. The maximum absolute atomic E-state index is 11.2. The lowest BCUT2D eigenvalue weighted by atomic mass is 9.85. The third-order valence-electron chi connectivity index (χ3n) is 3.05. The van der Waals surface area contributed by atoms with Crippen molar-refractivity contribution in [1.82, 2.24) is 0 Å². The van der Waals surface area contributed by atoms with E-state index in [1.807, 2.05) is 6.08 Å². The number of amides is 1. The molecule has 0 aromatic carbocycles. The zero-order valence-corrected chi connectivity index (χ0v) is 7.79. The van der Waals surface area contributed by atoms with Crippen LogP contribution in [0.25, 0.3) is 0 Å². The molecule has 1 unspecified atom stereocenters. The van der Waals surface area contributed by atoms with E-state index >= 15 is 0 Å². The molecule has 0 radical (unpaired) electrons. The van der Waals surface area contributed by atoms with E-state index in [0.29, 0.717) is 5.92 Å². The first-order chi connectivity index (χ1) is 6.77. The van der Waals surface area contributed by atoms with E-state index < -0.39 is 0 Å². The molecule has 3 aliphatic rings. The molecule has 0 saturated carbocycles. The van der Waals surface area contributed by atoms with Gasteiger partial charge in [0.15, 0.2) is 0 Å². The Bertz CT molecular complexity index is 449. The highest BCUT2D eigenvalue weighted by Crippen LogP contribution is 2.46. The first-order valence-corrected chi connectivity index (χ1v) is 4.91. The second-order valence-electron chi connectivity index (χ2n) is 3.92. The Morgan fingerprint density at radius 2 is 2.36 bits per heavy atom. The van der Waals surface area contributed by atoms with Gasteiger partial charge in [-0.25, -0.2) is 0 Å². The molecule has 0 spiro atoms. The van der Waals surface area contributed by atoms with E-state index in [2.05, 4.69) is 18.2 Å². The fourth-order valence-corrected chi connectivity index (χ4v) is 2.26. The largest absolute Gasteiger partial charge is 0.366 e. The van der Waals surface area contributed by atoms with Crippen molar-refractivity contribution in [3.8, 4) is 0 Å². The van der Waals surface area contributed by atoms with Crippen LogP contribution in [0.1, 0.15) is 12.8 Å². The van der Waals surface area contributed by atoms with Gasteiger partial charge in [-0.05, 0) is 29.6 Å². The highest BCUT2D eigenvalue weighted by molar-refractivity contribution is 5.95. The molecule has 0 fully saturated rings. The summed E-state index contributed by atoms with van der Waals surface area (Å²) < 4.78 is 0. The lowest BCUT2D eigenvalue weighted by molar-refractivity contribution is -0.114. The van der Waals surface area contributed by atoms with Crippen molar-refractivity contribution >= 4 is 5.91 Å². The van der Waals surface area contributed by atoms with Gasteiger partial charge in [0.2, 0.25) is 5.91 Å². The molecular formula is C12H11NO. The summed E-state index contributed by atoms with van der Waals surface area (Å²) in [6.07, 6.45) is 10.3. The van der Waals surface area contributed by atoms with Crippen molar-refractivity contribution in [3.63, 3.8) is 0 Å². The number of hydrogen-bond acceptors (Lipinski definition) is 1. The van der Waals surface area contributed by atoms with Crippen LogP contribution in [-0.2, 0) is 4.79 Å². The predicted molar refractivity (Wildman–Crippen MR) is 54.3 cm³/mol. The Morgan fingerprint density at radius 3 is 3.14 bits per heavy atom. The quantitative estimate of drug-likeness (QED) is 0.662. The van der Waals surface area contributed by atoms with Crippen molar-refractivity contribution in [2.45, 2.75) is 12.8 Å². The average Bonchev–Trinajstić information content (AvgIpc) is 2.95. The molecule has 70 valence electrons. The molecule has 3 rings (SSSR count). The van der Waals surface area contributed by atoms with E-state index in [-0.39, 0.29) is 5.91 Å². The second-order valence-corrected chi connectivity index (χ2v) is 3.92. The average molecular weight is 185 g/mol. The van der Waals surface area contributed by atoms with Crippen LogP contribution in [0.4, 0.5) is 0 Å². The normalized spacial score (nSPS) is 27.6. The number of primary amides is 1. The summed E-state index contributed by atoms with van der Waals surface area (Å²) in [5.74, 6) is 0.271. The SMILES string of the molecule is NC(=O)C1=C2C=CC3C=C3C2=CCC1. The third-order valence-corrected chi connectivity index (χ3v) is 3.05. The fourth-order valence-electron chi connectivity index (χ4n) is 2.26. The Labute approximate surface area is 82.5 Å². The first kappa shape index (κ1) is 7.80. The number of fused-ring (bicyclic) bond motifs is 3. The molecule has 2 heteroatoms. The van der Waals surface area contributed by atoms with Gasteiger partial charge >= 0.3 is 0 Å². The van der Waals surface area contributed by atoms with Crippen LogP contribution >= 0.6 is 0 Å². The maximum atomic E-state index is 11.2. The van der Waals surface area contributed by atoms with Gasteiger partial charge in [-0.15, -0.1) is 0 Å². The molecule has 0 bridgehead atoms. The number of hydrogen-bond donors (Lipinski definition) is 1. The summed E-state index contributed by atoms with van der Waals surface area (Å²) >= 11 is 0. The van der Waals surface area contributed by atoms with Gasteiger partial charge in [0, 0.05) is 11.5 Å². The van der Waals surface area contributed by atoms with Crippen LogP contribution in [0.15, 0.2) is 46.6 Å². The number of allylic oxidation sites excluding steroid dienone is 7. The minimum absolute atomic E-state index is 0.269. The van der Waals surface area contributed by atoms with Crippen LogP contribution < -0.4 is 5.73 Å². The Kier molecular flexibility index (Phi) is 1.38. The molecule has 2 N–H and O–H groups in total. The molecule has 1 amide bonds.